The van der Waals surface area contributed by atoms with E-state index in [1.807, 2.05) is 6.07 Å². The standard InChI is InChI=1S/C15H11F3N6O/c16-15(17,18)7-21-13-10-3-4-20-12(10)23-14(24-13)22-9-1-2-11(25)8(5-9)6-19/h1-5,25H,7H2,(H3,20,21,22,23,24). The summed E-state index contributed by atoms with van der Waals surface area (Å²) in [7, 11) is 0. The van der Waals surface area contributed by atoms with Crippen LogP contribution in [0.25, 0.3) is 11.0 Å². The van der Waals surface area contributed by atoms with Gasteiger partial charge in [-0.1, -0.05) is 0 Å². The molecule has 0 amide bonds. The molecule has 0 aliphatic rings. The Balaban J connectivity index is 1.93. The minimum Gasteiger partial charge on any atom is -0.507 e. The molecule has 0 spiro atoms. The zero-order valence-electron chi connectivity index (χ0n) is 12.5. The van der Waals surface area contributed by atoms with Crippen molar-refractivity contribution in [2.24, 2.45) is 0 Å². The maximum atomic E-state index is 12.5. The number of fused-ring (bicyclic) bond motifs is 1. The summed E-state index contributed by atoms with van der Waals surface area (Å²) in [6.07, 6.45) is -2.85. The molecule has 0 atom stereocenters. The van der Waals surface area contributed by atoms with E-state index in [4.69, 9.17) is 5.26 Å². The van der Waals surface area contributed by atoms with Crippen molar-refractivity contribution in [2.45, 2.75) is 6.18 Å². The number of hydrogen-bond donors (Lipinski definition) is 4. The van der Waals surface area contributed by atoms with E-state index in [-0.39, 0.29) is 23.1 Å². The van der Waals surface area contributed by atoms with Crippen LogP contribution in [0.3, 0.4) is 0 Å². The van der Waals surface area contributed by atoms with E-state index in [0.717, 1.165) is 0 Å². The maximum Gasteiger partial charge on any atom is 0.405 e. The van der Waals surface area contributed by atoms with Crippen molar-refractivity contribution in [1.29, 1.82) is 5.26 Å². The van der Waals surface area contributed by atoms with Crippen molar-refractivity contribution in [2.75, 3.05) is 17.2 Å². The predicted octanol–water partition coefficient (Wildman–Crippen LogP) is 3.25. The van der Waals surface area contributed by atoms with Crippen LogP contribution in [0.5, 0.6) is 5.75 Å². The van der Waals surface area contributed by atoms with E-state index in [1.165, 1.54) is 24.4 Å². The van der Waals surface area contributed by atoms with Gasteiger partial charge in [-0.3, -0.25) is 0 Å². The van der Waals surface area contributed by atoms with Crippen LogP contribution >= 0.6 is 0 Å². The second kappa shape index (κ2) is 6.20. The molecule has 4 N–H and O–H groups in total. The molecule has 128 valence electrons. The van der Waals surface area contributed by atoms with E-state index >= 15 is 0 Å². The Morgan fingerprint density at radius 2 is 2.04 bits per heavy atom. The number of hydrogen-bond acceptors (Lipinski definition) is 6. The molecule has 0 bridgehead atoms. The second-order valence-corrected chi connectivity index (χ2v) is 5.07. The van der Waals surface area contributed by atoms with Crippen LogP contribution < -0.4 is 10.6 Å². The molecule has 3 aromatic rings. The molecule has 7 nitrogen and oxygen atoms in total. The zero-order chi connectivity index (χ0) is 18.0. The molecule has 10 heteroatoms. The van der Waals surface area contributed by atoms with Gasteiger partial charge in [-0.05, 0) is 24.3 Å². The molecule has 0 aliphatic carbocycles. The summed E-state index contributed by atoms with van der Waals surface area (Å²) in [4.78, 5) is 11.0. The highest BCUT2D eigenvalue weighted by Gasteiger charge is 2.27. The van der Waals surface area contributed by atoms with Crippen LogP contribution in [-0.4, -0.2) is 32.8 Å². The Labute approximate surface area is 139 Å². The first-order valence-electron chi connectivity index (χ1n) is 7.01. The number of benzene rings is 1. The van der Waals surface area contributed by atoms with Gasteiger partial charge < -0.3 is 20.7 Å². The number of phenols is 1. The number of alkyl halides is 3. The van der Waals surface area contributed by atoms with E-state index in [0.29, 0.717) is 16.7 Å². The van der Waals surface area contributed by atoms with Crippen molar-refractivity contribution in [3.05, 3.63) is 36.0 Å². The Bertz CT molecular complexity index is 960. The summed E-state index contributed by atoms with van der Waals surface area (Å²) in [6, 6.07) is 7.56. The highest BCUT2D eigenvalue weighted by molar-refractivity contribution is 5.88. The summed E-state index contributed by atoms with van der Waals surface area (Å²) in [5.74, 6) is -0.124. The average molecular weight is 348 g/mol. The lowest BCUT2D eigenvalue weighted by Crippen LogP contribution is -2.22. The summed E-state index contributed by atoms with van der Waals surface area (Å²) in [5.41, 5.74) is 0.796. The highest BCUT2D eigenvalue weighted by Crippen LogP contribution is 2.26. The number of aromatic hydroxyl groups is 1. The molecule has 0 saturated carbocycles. The van der Waals surface area contributed by atoms with Crippen LogP contribution in [0, 0.1) is 11.3 Å². The molecule has 2 aromatic heterocycles. The number of halogens is 3. The monoisotopic (exact) mass is 348 g/mol. The fourth-order valence-corrected chi connectivity index (χ4v) is 2.15. The summed E-state index contributed by atoms with van der Waals surface area (Å²) < 4.78 is 37.4. The first kappa shape index (κ1) is 16.4. The maximum absolute atomic E-state index is 12.5. The van der Waals surface area contributed by atoms with Crippen molar-refractivity contribution in [3.8, 4) is 11.8 Å². The smallest absolute Gasteiger partial charge is 0.405 e. The summed E-state index contributed by atoms with van der Waals surface area (Å²) in [6.45, 7) is -1.23. The molecule has 0 aliphatic heterocycles. The number of aromatic amines is 1. The van der Waals surface area contributed by atoms with E-state index in [1.54, 1.807) is 6.07 Å². The lowest BCUT2D eigenvalue weighted by atomic mass is 10.2. The SMILES string of the molecule is N#Cc1cc(Nc2nc(NCC(F)(F)F)c3cc[nH]c3n2)ccc1O. The number of aromatic nitrogens is 3. The minimum absolute atomic E-state index is 0.0189. The largest absolute Gasteiger partial charge is 0.507 e. The third kappa shape index (κ3) is 3.72. The van der Waals surface area contributed by atoms with Gasteiger partial charge in [0.25, 0.3) is 0 Å². The summed E-state index contributed by atoms with van der Waals surface area (Å²) >= 11 is 0. The number of nitriles is 1. The minimum atomic E-state index is -4.39. The molecule has 0 fully saturated rings. The number of nitrogens with one attached hydrogen (secondary N) is 3. The quantitative estimate of drug-likeness (QED) is 0.539. The van der Waals surface area contributed by atoms with Crippen LogP contribution in [0.4, 0.5) is 30.6 Å². The normalized spacial score (nSPS) is 11.3. The first-order valence-corrected chi connectivity index (χ1v) is 7.01. The van der Waals surface area contributed by atoms with Crippen molar-refractivity contribution in [3.63, 3.8) is 0 Å². The number of anilines is 3. The molecule has 2 heterocycles. The molecular weight excluding hydrogens is 337 g/mol. The molecular formula is C15H11F3N6O. The lowest BCUT2D eigenvalue weighted by molar-refractivity contribution is -0.115. The number of H-pyrrole nitrogens is 1. The van der Waals surface area contributed by atoms with Crippen molar-refractivity contribution < 1.29 is 18.3 Å². The number of phenolic OH excluding ortho intramolecular Hbond substituents is 1. The van der Waals surface area contributed by atoms with Gasteiger partial charge in [-0.25, -0.2) is 0 Å². The topological polar surface area (TPSA) is 110 Å². The van der Waals surface area contributed by atoms with Gasteiger partial charge in [0.05, 0.1) is 10.9 Å². The number of rotatable bonds is 4. The Kier molecular flexibility index (Phi) is 4.06. The van der Waals surface area contributed by atoms with Gasteiger partial charge in [0.1, 0.15) is 29.8 Å². The Morgan fingerprint density at radius 3 is 2.76 bits per heavy atom. The van der Waals surface area contributed by atoms with E-state index < -0.39 is 12.7 Å². The van der Waals surface area contributed by atoms with Gasteiger partial charge in [0, 0.05) is 11.9 Å². The average Bonchev–Trinajstić information content (AvgIpc) is 3.02. The fourth-order valence-electron chi connectivity index (χ4n) is 2.15. The van der Waals surface area contributed by atoms with Crippen LogP contribution in [-0.2, 0) is 0 Å². The third-order valence-corrected chi connectivity index (χ3v) is 3.25. The van der Waals surface area contributed by atoms with Crippen LogP contribution in [0.2, 0.25) is 0 Å². The van der Waals surface area contributed by atoms with E-state index in [9.17, 15) is 18.3 Å². The molecule has 0 radical (unpaired) electrons. The van der Waals surface area contributed by atoms with Gasteiger partial charge in [0.15, 0.2) is 0 Å². The van der Waals surface area contributed by atoms with Gasteiger partial charge in [0.2, 0.25) is 5.95 Å². The van der Waals surface area contributed by atoms with Crippen LogP contribution in [0.15, 0.2) is 30.5 Å². The summed E-state index contributed by atoms with van der Waals surface area (Å²) in [5, 5.41) is 23.9. The molecule has 3 rings (SSSR count). The molecule has 25 heavy (non-hydrogen) atoms. The van der Waals surface area contributed by atoms with Gasteiger partial charge in [-0.2, -0.15) is 28.4 Å². The second-order valence-electron chi connectivity index (χ2n) is 5.07. The first-order chi connectivity index (χ1) is 11.9. The Hall–Kier alpha value is -3.48. The molecule has 1 aromatic carbocycles. The zero-order valence-corrected chi connectivity index (χ0v) is 12.5. The van der Waals surface area contributed by atoms with Crippen molar-refractivity contribution in [1.82, 2.24) is 15.0 Å². The molecule has 0 saturated heterocycles. The Morgan fingerprint density at radius 1 is 1.24 bits per heavy atom. The van der Waals surface area contributed by atoms with Gasteiger partial charge >= 0.3 is 6.18 Å². The van der Waals surface area contributed by atoms with Crippen LogP contribution in [0.1, 0.15) is 5.56 Å². The third-order valence-electron chi connectivity index (χ3n) is 3.25. The van der Waals surface area contributed by atoms with Crippen molar-refractivity contribution >= 4 is 28.5 Å². The lowest BCUT2D eigenvalue weighted by Gasteiger charge is -2.12. The van der Waals surface area contributed by atoms with E-state index in [2.05, 4.69) is 25.6 Å². The molecule has 0 unspecified atom stereocenters. The highest BCUT2D eigenvalue weighted by atomic mass is 19.4. The predicted molar refractivity (Wildman–Crippen MR) is 84.5 cm³/mol. The van der Waals surface area contributed by atoms with Gasteiger partial charge in [-0.15, -0.1) is 0 Å². The number of nitrogens with zero attached hydrogens (tertiary/aromatic N) is 3. The fraction of sp³-hybridized carbons (Fsp3) is 0.133.